The van der Waals surface area contributed by atoms with Crippen LogP contribution in [-0.2, 0) is 0 Å². The fourth-order valence-corrected chi connectivity index (χ4v) is 1.70. The number of benzene rings is 1. The summed E-state index contributed by atoms with van der Waals surface area (Å²) in [6.07, 6.45) is 2.37. The van der Waals surface area contributed by atoms with E-state index in [9.17, 15) is 0 Å². The predicted octanol–water partition coefficient (Wildman–Crippen LogP) is 3.77. The Balaban J connectivity index is 2.61. The highest BCUT2D eigenvalue weighted by molar-refractivity contribution is 6.33. The van der Waals surface area contributed by atoms with Gasteiger partial charge in [-0.3, -0.25) is 0 Å². The molecular weight excluding hydrogens is 208 g/mol. The molecule has 84 valence electrons. The summed E-state index contributed by atoms with van der Waals surface area (Å²) in [6, 6.07) is 5.68. The lowest BCUT2D eigenvalue weighted by Gasteiger charge is -2.15. The molecule has 0 heterocycles. The van der Waals surface area contributed by atoms with E-state index in [2.05, 4.69) is 19.2 Å². The summed E-state index contributed by atoms with van der Waals surface area (Å²) in [7, 11) is 0. The van der Waals surface area contributed by atoms with Gasteiger partial charge in [-0.25, -0.2) is 0 Å². The van der Waals surface area contributed by atoms with Gasteiger partial charge in [0.15, 0.2) is 0 Å². The van der Waals surface area contributed by atoms with Crippen LogP contribution in [0.1, 0.15) is 26.7 Å². The minimum atomic E-state index is 0.615. The van der Waals surface area contributed by atoms with E-state index in [4.69, 9.17) is 17.3 Å². The summed E-state index contributed by atoms with van der Waals surface area (Å²) in [5.74, 6) is 0.698. The van der Waals surface area contributed by atoms with Crippen molar-refractivity contribution in [3.05, 3.63) is 23.2 Å². The molecule has 0 radical (unpaired) electrons. The SMILES string of the molecule is CCC(CC)CNc1cccc(Cl)c1N. The molecule has 0 bridgehead atoms. The molecule has 1 rings (SSSR count). The van der Waals surface area contributed by atoms with E-state index in [0.717, 1.165) is 12.2 Å². The Hall–Kier alpha value is -0.890. The fraction of sp³-hybridized carbons (Fsp3) is 0.500. The van der Waals surface area contributed by atoms with Gasteiger partial charge in [-0.1, -0.05) is 44.4 Å². The first-order valence-corrected chi connectivity index (χ1v) is 5.84. The summed E-state index contributed by atoms with van der Waals surface area (Å²) in [5, 5.41) is 3.96. The summed E-state index contributed by atoms with van der Waals surface area (Å²) >= 11 is 5.93. The molecule has 15 heavy (non-hydrogen) atoms. The van der Waals surface area contributed by atoms with Crippen LogP contribution in [-0.4, -0.2) is 6.54 Å². The maximum Gasteiger partial charge on any atom is 0.0739 e. The standard InChI is InChI=1S/C12H19ClN2/c1-3-9(4-2)8-15-11-7-5-6-10(13)12(11)14/h5-7,9,15H,3-4,8,14H2,1-2H3. The number of nitrogen functional groups attached to an aromatic ring is 1. The number of nitrogens with one attached hydrogen (secondary N) is 1. The van der Waals surface area contributed by atoms with Crippen LogP contribution in [0, 0.1) is 5.92 Å². The number of hydrogen-bond acceptors (Lipinski definition) is 2. The van der Waals surface area contributed by atoms with Gasteiger partial charge in [0.05, 0.1) is 16.4 Å². The summed E-state index contributed by atoms with van der Waals surface area (Å²) in [5.41, 5.74) is 7.44. The summed E-state index contributed by atoms with van der Waals surface area (Å²) in [4.78, 5) is 0. The Morgan fingerprint density at radius 2 is 2.00 bits per heavy atom. The molecule has 0 aliphatic rings. The minimum Gasteiger partial charge on any atom is -0.396 e. The molecule has 2 nitrogen and oxygen atoms in total. The Morgan fingerprint density at radius 3 is 2.60 bits per heavy atom. The van der Waals surface area contributed by atoms with Gasteiger partial charge < -0.3 is 11.1 Å². The lowest BCUT2D eigenvalue weighted by molar-refractivity contribution is 0.519. The van der Waals surface area contributed by atoms with E-state index in [1.54, 1.807) is 6.07 Å². The third kappa shape index (κ3) is 3.31. The van der Waals surface area contributed by atoms with Crippen molar-refractivity contribution in [3.63, 3.8) is 0 Å². The molecule has 0 saturated heterocycles. The number of anilines is 2. The predicted molar refractivity (Wildman–Crippen MR) is 68.4 cm³/mol. The molecule has 1 aromatic rings. The zero-order valence-electron chi connectivity index (χ0n) is 9.39. The molecule has 0 saturated carbocycles. The number of hydrogen-bond donors (Lipinski definition) is 2. The molecule has 0 aromatic heterocycles. The first-order valence-electron chi connectivity index (χ1n) is 5.46. The first kappa shape index (κ1) is 12.2. The second-order valence-electron chi connectivity index (χ2n) is 3.76. The highest BCUT2D eigenvalue weighted by atomic mass is 35.5. The highest BCUT2D eigenvalue weighted by Gasteiger charge is 2.05. The number of para-hydroxylation sites is 1. The molecule has 1 aromatic carbocycles. The Kier molecular flexibility index (Phi) is 4.76. The van der Waals surface area contributed by atoms with Crippen molar-refractivity contribution in [2.75, 3.05) is 17.6 Å². The number of nitrogens with two attached hydrogens (primary N) is 1. The van der Waals surface area contributed by atoms with Crippen molar-refractivity contribution in [1.82, 2.24) is 0 Å². The molecule has 0 atom stereocenters. The normalized spacial score (nSPS) is 10.7. The van der Waals surface area contributed by atoms with E-state index >= 15 is 0 Å². The minimum absolute atomic E-state index is 0.615. The number of rotatable bonds is 5. The van der Waals surface area contributed by atoms with Crippen molar-refractivity contribution < 1.29 is 0 Å². The highest BCUT2D eigenvalue weighted by Crippen LogP contribution is 2.27. The summed E-state index contributed by atoms with van der Waals surface area (Å²) in [6.45, 7) is 5.37. The average molecular weight is 227 g/mol. The van der Waals surface area contributed by atoms with Gasteiger partial charge in [0.1, 0.15) is 0 Å². The van der Waals surface area contributed by atoms with Crippen molar-refractivity contribution >= 4 is 23.0 Å². The topological polar surface area (TPSA) is 38.0 Å². The molecule has 0 amide bonds. The zero-order chi connectivity index (χ0) is 11.3. The van der Waals surface area contributed by atoms with Crippen molar-refractivity contribution in [2.45, 2.75) is 26.7 Å². The lowest BCUT2D eigenvalue weighted by Crippen LogP contribution is -2.13. The third-order valence-corrected chi connectivity index (χ3v) is 3.12. The third-order valence-electron chi connectivity index (χ3n) is 2.79. The van der Waals surface area contributed by atoms with Crippen LogP contribution in [0.4, 0.5) is 11.4 Å². The number of halogens is 1. The van der Waals surface area contributed by atoms with E-state index < -0.39 is 0 Å². The average Bonchev–Trinajstić information content (AvgIpc) is 2.25. The smallest absolute Gasteiger partial charge is 0.0739 e. The zero-order valence-corrected chi connectivity index (χ0v) is 10.1. The van der Waals surface area contributed by atoms with E-state index in [-0.39, 0.29) is 0 Å². The second-order valence-corrected chi connectivity index (χ2v) is 4.17. The molecule has 3 N–H and O–H groups in total. The van der Waals surface area contributed by atoms with Gasteiger partial charge in [-0.05, 0) is 18.1 Å². The van der Waals surface area contributed by atoms with Gasteiger partial charge in [0.2, 0.25) is 0 Å². The Morgan fingerprint density at radius 1 is 1.33 bits per heavy atom. The molecule has 0 fully saturated rings. The Labute approximate surface area is 96.8 Å². The van der Waals surface area contributed by atoms with E-state index in [0.29, 0.717) is 16.6 Å². The molecule has 0 aliphatic heterocycles. The van der Waals surface area contributed by atoms with Crippen LogP contribution in [0.2, 0.25) is 5.02 Å². The van der Waals surface area contributed by atoms with E-state index in [1.807, 2.05) is 12.1 Å². The molecule has 3 heteroatoms. The first-order chi connectivity index (χ1) is 7.19. The Bertz CT molecular complexity index is 308. The van der Waals surface area contributed by atoms with Gasteiger partial charge >= 0.3 is 0 Å². The maximum absolute atomic E-state index is 5.93. The lowest BCUT2D eigenvalue weighted by atomic mass is 10.0. The van der Waals surface area contributed by atoms with Crippen LogP contribution in [0.5, 0.6) is 0 Å². The quantitative estimate of drug-likeness (QED) is 0.751. The van der Waals surface area contributed by atoms with Crippen LogP contribution in [0.25, 0.3) is 0 Å². The molecular formula is C12H19ClN2. The largest absolute Gasteiger partial charge is 0.396 e. The van der Waals surface area contributed by atoms with Crippen LogP contribution in [0.15, 0.2) is 18.2 Å². The van der Waals surface area contributed by atoms with Gasteiger partial charge in [-0.15, -0.1) is 0 Å². The monoisotopic (exact) mass is 226 g/mol. The summed E-state index contributed by atoms with van der Waals surface area (Å²) < 4.78 is 0. The molecule has 0 unspecified atom stereocenters. The molecule has 0 spiro atoms. The van der Waals surface area contributed by atoms with Gasteiger partial charge in [0.25, 0.3) is 0 Å². The van der Waals surface area contributed by atoms with Crippen molar-refractivity contribution in [3.8, 4) is 0 Å². The van der Waals surface area contributed by atoms with E-state index in [1.165, 1.54) is 12.8 Å². The maximum atomic E-state index is 5.93. The van der Waals surface area contributed by atoms with Crippen LogP contribution in [0.3, 0.4) is 0 Å². The molecule has 0 aliphatic carbocycles. The van der Waals surface area contributed by atoms with Crippen molar-refractivity contribution in [1.29, 1.82) is 0 Å². The van der Waals surface area contributed by atoms with Gasteiger partial charge in [-0.2, -0.15) is 0 Å². The fourth-order valence-electron chi connectivity index (χ4n) is 1.52. The van der Waals surface area contributed by atoms with Crippen LogP contribution >= 0.6 is 11.6 Å². The van der Waals surface area contributed by atoms with Gasteiger partial charge in [0, 0.05) is 6.54 Å². The second kappa shape index (κ2) is 5.86. The van der Waals surface area contributed by atoms with Crippen LogP contribution < -0.4 is 11.1 Å². The van der Waals surface area contributed by atoms with Crippen molar-refractivity contribution in [2.24, 2.45) is 5.92 Å².